The highest BCUT2D eigenvalue weighted by molar-refractivity contribution is 6.32. The molecule has 4 rings (SSSR count). The van der Waals surface area contributed by atoms with Gasteiger partial charge < -0.3 is 20.1 Å². The molecule has 7 heteroatoms. The number of piperidine rings is 1. The van der Waals surface area contributed by atoms with Crippen LogP contribution in [0.1, 0.15) is 31.2 Å². The topological polar surface area (TPSA) is 59.6 Å². The van der Waals surface area contributed by atoms with E-state index in [1.54, 1.807) is 6.07 Å². The third-order valence-corrected chi connectivity index (χ3v) is 5.14. The number of carbonyl (C=O) groups excluding carboxylic acids is 1. The lowest BCUT2D eigenvalue weighted by Gasteiger charge is -2.29. The third kappa shape index (κ3) is 3.73. The highest BCUT2D eigenvalue weighted by Gasteiger charge is 2.34. The minimum Gasteiger partial charge on any atom is -0.486 e. The average molecular weight is 373 g/mol. The van der Waals surface area contributed by atoms with Gasteiger partial charge in [0.15, 0.2) is 11.5 Å². The first-order chi connectivity index (χ1) is 11.2. The van der Waals surface area contributed by atoms with Crippen LogP contribution in [0, 0.1) is 0 Å². The summed E-state index contributed by atoms with van der Waals surface area (Å²) in [7, 11) is 0. The molecular formula is C17H22Cl2N2O3. The summed E-state index contributed by atoms with van der Waals surface area (Å²) in [6.07, 6.45) is 4.84. The summed E-state index contributed by atoms with van der Waals surface area (Å²) in [6, 6.07) is 5.08. The molecule has 1 amide bonds. The number of carbonyl (C=O) groups is 1. The largest absolute Gasteiger partial charge is 0.486 e. The smallest absolute Gasteiger partial charge is 0.224 e. The number of fused-ring (bicyclic) bond motifs is 3. The Morgan fingerprint density at radius 3 is 2.67 bits per heavy atom. The van der Waals surface area contributed by atoms with Crippen molar-refractivity contribution in [1.29, 1.82) is 0 Å². The molecule has 3 heterocycles. The van der Waals surface area contributed by atoms with Crippen molar-refractivity contribution in [1.82, 2.24) is 10.6 Å². The van der Waals surface area contributed by atoms with E-state index in [1.165, 1.54) is 12.8 Å². The van der Waals surface area contributed by atoms with Crippen LogP contribution in [0.5, 0.6) is 11.5 Å². The molecule has 132 valence electrons. The van der Waals surface area contributed by atoms with Gasteiger partial charge in [0.1, 0.15) is 13.2 Å². The standard InChI is InChI=1S/C17H21ClN2O3.ClH/c18-14-5-10(6-15-17(14)23-4-3-22-15)7-16(21)20-13-8-11-1-2-12(9-13)19-11;/h5-6,11-13,19H,1-4,7-9H2,(H,20,21);1H. The van der Waals surface area contributed by atoms with E-state index in [-0.39, 0.29) is 24.4 Å². The van der Waals surface area contributed by atoms with Crippen LogP contribution in [0.25, 0.3) is 0 Å². The number of halogens is 2. The van der Waals surface area contributed by atoms with Gasteiger partial charge in [0.25, 0.3) is 0 Å². The van der Waals surface area contributed by atoms with Crippen molar-refractivity contribution in [3.8, 4) is 11.5 Å². The monoisotopic (exact) mass is 372 g/mol. The summed E-state index contributed by atoms with van der Waals surface area (Å²) in [6.45, 7) is 1.02. The van der Waals surface area contributed by atoms with E-state index in [1.807, 2.05) is 6.07 Å². The summed E-state index contributed by atoms with van der Waals surface area (Å²) < 4.78 is 11.1. The summed E-state index contributed by atoms with van der Waals surface area (Å²) >= 11 is 6.22. The first-order valence-corrected chi connectivity index (χ1v) is 8.68. The van der Waals surface area contributed by atoms with Crippen LogP contribution in [0.15, 0.2) is 12.1 Å². The Bertz CT molecular complexity index is 614. The number of ether oxygens (including phenoxy) is 2. The first-order valence-electron chi connectivity index (χ1n) is 8.31. The minimum absolute atomic E-state index is 0. The second-order valence-electron chi connectivity index (χ2n) is 6.65. The zero-order valence-corrected chi connectivity index (χ0v) is 14.9. The molecule has 0 aromatic heterocycles. The number of hydrogen-bond acceptors (Lipinski definition) is 4. The fourth-order valence-electron chi connectivity index (χ4n) is 3.91. The van der Waals surface area contributed by atoms with Gasteiger partial charge in [-0.3, -0.25) is 4.79 Å². The van der Waals surface area contributed by atoms with E-state index in [9.17, 15) is 4.79 Å². The van der Waals surface area contributed by atoms with Crippen molar-refractivity contribution in [3.63, 3.8) is 0 Å². The summed E-state index contributed by atoms with van der Waals surface area (Å²) in [5.74, 6) is 1.26. The van der Waals surface area contributed by atoms with Crippen LogP contribution in [0.4, 0.5) is 0 Å². The molecule has 1 aromatic rings. The molecule has 0 radical (unpaired) electrons. The normalized spacial score (nSPS) is 27.3. The molecule has 2 bridgehead atoms. The predicted molar refractivity (Wildman–Crippen MR) is 94.5 cm³/mol. The molecular weight excluding hydrogens is 351 g/mol. The average Bonchev–Trinajstić information content (AvgIpc) is 2.86. The van der Waals surface area contributed by atoms with E-state index in [4.69, 9.17) is 21.1 Å². The number of hydrogen-bond donors (Lipinski definition) is 2. The van der Waals surface area contributed by atoms with Crippen molar-refractivity contribution in [2.45, 2.75) is 50.2 Å². The maximum atomic E-state index is 12.3. The molecule has 2 unspecified atom stereocenters. The predicted octanol–water partition coefficient (Wildman–Crippen LogP) is 2.47. The SMILES string of the molecule is Cl.O=C(Cc1cc(Cl)c2c(c1)OCCO2)NC1CC2CCC(C1)N2. The highest BCUT2D eigenvalue weighted by atomic mass is 35.5. The fraction of sp³-hybridized carbons (Fsp3) is 0.588. The lowest BCUT2D eigenvalue weighted by Crippen LogP contribution is -2.48. The van der Waals surface area contributed by atoms with E-state index >= 15 is 0 Å². The van der Waals surface area contributed by atoms with Crippen LogP contribution in [0.3, 0.4) is 0 Å². The lowest BCUT2D eigenvalue weighted by molar-refractivity contribution is -0.121. The molecule has 2 fully saturated rings. The summed E-state index contributed by atoms with van der Waals surface area (Å²) in [5.41, 5.74) is 0.855. The number of benzene rings is 1. The third-order valence-electron chi connectivity index (χ3n) is 4.86. The van der Waals surface area contributed by atoms with Crippen molar-refractivity contribution < 1.29 is 14.3 Å². The first kappa shape index (κ1) is 17.6. The van der Waals surface area contributed by atoms with E-state index in [0.29, 0.717) is 48.2 Å². The Balaban J connectivity index is 0.00000169. The summed E-state index contributed by atoms with van der Waals surface area (Å²) in [5, 5.41) is 7.26. The van der Waals surface area contributed by atoms with Gasteiger partial charge in [0, 0.05) is 18.1 Å². The van der Waals surface area contributed by atoms with Gasteiger partial charge in [-0.15, -0.1) is 12.4 Å². The van der Waals surface area contributed by atoms with Gasteiger partial charge in [0.05, 0.1) is 11.4 Å². The van der Waals surface area contributed by atoms with E-state index in [2.05, 4.69) is 10.6 Å². The van der Waals surface area contributed by atoms with Gasteiger partial charge in [0.2, 0.25) is 5.91 Å². The molecule has 0 aliphatic carbocycles. The van der Waals surface area contributed by atoms with E-state index < -0.39 is 0 Å². The summed E-state index contributed by atoms with van der Waals surface area (Å²) in [4.78, 5) is 12.3. The Hall–Kier alpha value is -1.17. The number of rotatable bonds is 3. The molecule has 2 N–H and O–H groups in total. The van der Waals surface area contributed by atoms with Crippen molar-refractivity contribution in [2.75, 3.05) is 13.2 Å². The van der Waals surface area contributed by atoms with Crippen LogP contribution in [-0.4, -0.2) is 37.2 Å². The Kier molecular flexibility index (Phi) is 5.42. The molecule has 3 aliphatic rings. The molecule has 5 nitrogen and oxygen atoms in total. The second-order valence-corrected chi connectivity index (χ2v) is 7.06. The minimum atomic E-state index is 0. The number of amides is 1. The maximum Gasteiger partial charge on any atom is 0.224 e. The van der Waals surface area contributed by atoms with Gasteiger partial charge in [-0.05, 0) is 43.4 Å². The Morgan fingerprint density at radius 2 is 1.92 bits per heavy atom. The molecule has 2 saturated heterocycles. The van der Waals surface area contributed by atoms with Crippen molar-refractivity contribution in [3.05, 3.63) is 22.7 Å². The zero-order valence-electron chi connectivity index (χ0n) is 13.3. The Labute approximate surface area is 152 Å². The molecule has 3 aliphatic heterocycles. The Morgan fingerprint density at radius 1 is 1.21 bits per heavy atom. The fourth-order valence-corrected chi connectivity index (χ4v) is 4.19. The van der Waals surface area contributed by atoms with Crippen LogP contribution >= 0.6 is 24.0 Å². The van der Waals surface area contributed by atoms with Crippen LogP contribution in [0.2, 0.25) is 5.02 Å². The molecule has 0 spiro atoms. The van der Waals surface area contributed by atoms with Gasteiger partial charge >= 0.3 is 0 Å². The molecule has 1 aromatic carbocycles. The van der Waals surface area contributed by atoms with Crippen molar-refractivity contribution >= 4 is 29.9 Å². The molecule has 2 atom stereocenters. The van der Waals surface area contributed by atoms with Gasteiger partial charge in [-0.2, -0.15) is 0 Å². The zero-order chi connectivity index (χ0) is 15.8. The van der Waals surface area contributed by atoms with Gasteiger partial charge in [-0.25, -0.2) is 0 Å². The highest BCUT2D eigenvalue weighted by Crippen LogP contribution is 2.38. The van der Waals surface area contributed by atoms with Crippen LogP contribution in [-0.2, 0) is 11.2 Å². The maximum absolute atomic E-state index is 12.3. The van der Waals surface area contributed by atoms with Gasteiger partial charge in [-0.1, -0.05) is 11.6 Å². The number of nitrogens with one attached hydrogen (secondary N) is 2. The molecule has 24 heavy (non-hydrogen) atoms. The van der Waals surface area contributed by atoms with Crippen LogP contribution < -0.4 is 20.1 Å². The van der Waals surface area contributed by atoms with E-state index in [0.717, 1.165) is 18.4 Å². The second kappa shape index (κ2) is 7.38. The quantitative estimate of drug-likeness (QED) is 0.855. The van der Waals surface area contributed by atoms with Crippen molar-refractivity contribution in [2.24, 2.45) is 0 Å². The molecule has 0 saturated carbocycles. The lowest BCUT2D eigenvalue weighted by atomic mass is 9.99.